The van der Waals surface area contributed by atoms with Crippen LogP contribution in [0.4, 0.5) is 4.79 Å². The van der Waals surface area contributed by atoms with Crippen molar-refractivity contribution in [3.8, 4) is 11.1 Å². The van der Waals surface area contributed by atoms with Crippen LogP contribution in [0, 0.1) is 0 Å². The zero-order valence-corrected chi connectivity index (χ0v) is 16.2. The van der Waals surface area contributed by atoms with Gasteiger partial charge in [0.1, 0.15) is 6.61 Å². The highest BCUT2D eigenvalue weighted by molar-refractivity contribution is 5.79. The molecule has 0 radical (unpaired) electrons. The summed E-state index contributed by atoms with van der Waals surface area (Å²) >= 11 is 0. The molecule has 1 amide bonds. The van der Waals surface area contributed by atoms with Gasteiger partial charge in [-0.25, -0.2) is 4.79 Å². The van der Waals surface area contributed by atoms with Crippen LogP contribution in [0.15, 0.2) is 70.3 Å². The maximum Gasteiger partial charge on any atom is 0.407 e. The zero-order chi connectivity index (χ0) is 20.9. The van der Waals surface area contributed by atoms with E-state index in [-0.39, 0.29) is 29.2 Å². The number of rotatable bonds is 6. The van der Waals surface area contributed by atoms with Gasteiger partial charge in [0.05, 0.1) is 0 Å². The van der Waals surface area contributed by atoms with Crippen molar-refractivity contribution >= 4 is 12.2 Å². The Morgan fingerprint density at radius 2 is 1.67 bits per heavy atom. The van der Waals surface area contributed by atoms with Gasteiger partial charge in [-0.2, -0.15) is 0 Å². The lowest BCUT2D eigenvalue weighted by atomic mass is 9.98. The van der Waals surface area contributed by atoms with Crippen molar-refractivity contribution in [2.45, 2.75) is 12.3 Å². The molecule has 0 spiro atoms. The Morgan fingerprint density at radius 3 is 2.37 bits per heavy atom. The minimum absolute atomic E-state index is 0.0194. The van der Waals surface area contributed by atoms with Crippen LogP contribution in [0.25, 0.3) is 17.2 Å². The molecule has 2 aromatic carbocycles. The van der Waals surface area contributed by atoms with E-state index in [1.165, 1.54) is 17.2 Å². The fourth-order valence-electron chi connectivity index (χ4n) is 3.67. The summed E-state index contributed by atoms with van der Waals surface area (Å²) in [5, 5.41) is 7.16. The summed E-state index contributed by atoms with van der Waals surface area (Å²) < 4.78 is 5.46. The molecule has 7 heteroatoms. The molecule has 0 aliphatic heterocycles. The molecule has 1 aliphatic carbocycles. The molecule has 30 heavy (non-hydrogen) atoms. The van der Waals surface area contributed by atoms with Gasteiger partial charge >= 0.3 is 6.09 Å². The van der Waals surface area contributed by atoms with E-state index in [1.54, 1.807) is 12.2 Å². The van der Waals surface area contributed by atoms with Crippen LogP contribution in [-0.4, -0.2) is 29.4 Å². The molecule has 4 rings (SSSR count). The second-order valence-electron chi connectivity index (χ2n) is 6.99. The van der Waals surface area contributed by atoms with Gasteiger partial charge in [-0.05, 0) is 28.7 Å². The third kappa shape index (κ3) is 4.10. The summed E-state index contributed by atoms with van der Waals surface area (Å²) in [6.45, 7) is 0.617. The van der Waals surface area contributed by atoms with Gasteiger partial charge in [-0.3, -0.25) is 19.8 Å². The quantitative estimate of drug-likeness (QED) is 0.550. The van der Waals surface area contributed by atoms with E-state index in [1.807, 2.05) is 24.3 Å². The molecular weight excluding hydrogens is 382 g/mol. The lowest BCUT2D eigenvalue weighted by molar-refractivity contribution is 0.143. The smallest absolute Gasteiger partial charge is 0.407 e. The van der Waals surface area contributed by atoms with Crippen LogP contribution >= 0.6 is 0 Å². The third-order valence-electron chi connectivity index (χ3n) is 5.07. The molecule has 0 atom stereocenters. The zero-order valence-electron chi connectivity index (χ0n) is 16.2. The van der Waals surface area contributed by atoms with Crippen molar-refractivity contribution in [3.05, 3.63) is 98.1 Å². The number of carbonyl (C=O) groups excluding carboxylic acids is 1. The summed E-state index contributed by atoms with van der Waals surface area (Å²) in [7, 11) is 0. The number of ether oxygens (including phenoxy) is 1. The predicted molar refractivity (Wildman–Crippen MR) is 114 cm³/mol. The highest BCUT2D eigenvalue weighted by Crippen LogP contribution is 2.44. The Labute approximate surface area is 172 Å². The van der Waals surface area contributed by atoms with Gasteiger partial charge in [0.15, 0.2) is 0 Å². The standard InChI is InChI=1S/C23H21N3O4/c27-21-13-15(22(28)26-25-21)7-5-6-12-24-23(29)30-14-20-18-10-3-1-8-16(18)17-9-2-4-11-19(17)20/h1-5,7-11,13,20H,6,12,14H2,(H,24,29)(H,25,27)(H,26,28). The first-order chi connectivity index (χ1) is 14.6. The van der Waals surface area contributed by atoms with Crippen LogP contribution in [0.5, 0.6) is 0 Å². The molecule has 0 fully saturated rings. The molecule has 0 saturated heterocycles. The van der Waals surface area contributed by atoms with Crippen molar-refractivity contribution in [2.24, 2.45) is 0 Å². The molecule has 1 aliphatic rings. The molecule has 0 unspecified atom stereocenters. The summed E-state index contributed by atoms with van der Waals surface area (Å²) in [6, 6.07) is 17.6. The van der Waals surface area contributed by atoms with E-state index < -0.39 is 6.09 Å². The second-order valence-corrected chi connectivity index (χ2v) is 6.99. The lowest BCUT2D eigenvalue weighted by Crippen LogP contribution is -2.26. The van der Waals surface area contributed by atoms with Crippen LogP contribution in [0.2, 0.25) is 0 Å². The van der Waals surface area contributed by atoms with Gasteiger partial charge in [0, 0.05) is 24.1 Å². The highest BCUT2D eigenvalue weighted by atomic mass is 16.5. The van der Waals surface area contributed by atoms with Crippen molar-refractivity contribution < 1.29 is 9.53 Å². The van der Waals surface area contributed by atoms with Gasteiger partial charge in [0.25, 0.3) is 11.1 Å². The van der Waals surface area contributed by atoms with Gasteiger partial charge in [-0.1, -0.05) is 60.7 Å². The first-order valence-corrected chi connectivity index (χ1v) is 9.71. The number of aromatic nitrogens is 2. The third-order valence-corrected chi connectivity index (χ3v) is 5.07. The minimum atomic E-state index is -0.487. The SMILES string of the molecule is O=C(NCCC=Cc1cc(=O)[nH][nH]c1=O)OCC1c2ccccc2-c2ccccc21. The van der Waals surface area contributed by atoms with E-state index in [0.29, 0.717) is 13.0 Å². The van der Waals surface area contributed by atoms with E-state index in [2.05, 4.69) is 39.8 Å². The lowest BCUT2D eigenvalue weighted by Gasteiger charge is -2.14. The first kappa shape index (κ1) is 19.4. The number of nitrogens with one attached hydrogen (secondary N) is 3. The minimum Gasteiger partial charge on any atom is -0.449 e. The number of carbonyl (C=O) groups is 1. The number of amides is 1. The molecule has 7 nitrogen and oxygen atoms in total. The molecule has 3 N–H and O–H groups in total. The molecule has 3 aromatic rings. The maximum atomic E-state index is 12.1. The number of fused-ring (bicyclic) bond motifs is 3. The fourth-order valence-corrected chi connectivity index (χ4v) is 3.67. The molecule has 152 valence electrons. The average molecular weight is 403 g/mol. The van der Waals surface area contributed by atoms with Crippen molar-refractivity contribution in [3.63, 3.8) is 0 Å². The molecule has 0 saturated carbocycles. The van der Waals surface area contributed by atoms with Crippen molar-refractivity contribution in [1.29, 1.82) is 0 Å². The number of H-pyrrole nitrogens is 2. The summed E-state index contributed by atoms with van der Waals surface area (Å²) in [4.78, 5) is 34.9. The molecular formula is C23H21N3O4. The second kappa shape index (κ2) is 8.65. The summed E-state index contributed by atoms with van der Waals surface area (Å²) in [5.41, 5.74) is 4.19. The topological polar surface area (TPSA) is 104 Å². The summed E-state index contributed by atoms with van der Waals surface area (Å²) in [5.74, 6) is 0.0194. The number of hydrogen-bond acceptors (Lipinski definition) is 4. The van der Waals surface area contributed by atoms with E-state index in [0.717, 1.165) is 11.1 Å². The Hall–Kier alpha value is -3.87. The van der Waals surface area contributed by atoms with Gasteiger partial charge in [-0.15, -0.1) is 0 Å². The van der Waals surface area contributed by atoms with Gasteiger partial charge < -0.3 is 10.1 Å². The van der Waals surface area contributed by atoms with E-state index in [4.69, 9.17) is 4.74 Å². The van der Waals surface area contributed by atoms with Crippen molar-refractivity contribution in [2.75, 3.05) is 13.2 Å². The average Bonchev–Trinajstić information content (AvgIpc) is 3.08. The van der Waals surface area contributed by atoms with Crippen LogP contribution in [0.1, 0.15) is 29.0 Å². The van der Waals surface area contributed by atoms with Gasteiger partial charge in [0.2, 0.25) is 0 Å². The first-order valence-electron chi connectivity index (χ1n) is 9.71. The Bertz CT molecular complexity index is 1160. The number of benzene rings is 2. The fraction of sp³-hybridized carbons (Fsp3) is 0.174. The Balaban J connectivity index is 1.29. The van der Waals surface area contributed by atoms with Crippen LogP contribution < -0.4 is 16.4 Å². The highest BCUT2D eigenvalue weighted by Gasteiger charge is 2.28. The largest absolute Gasteiger partial charge is 0.449 e. The maximum absolute atomic E-state index is 12.1. The van der Waals surface area contributed by atoms with E-state index in [9.17, 15) is 14.4 Å². The Morgan fingerprint density at radius 1 is 1.00 bits per heavy atom. The molecule has 1 heterocycles. The number of hydrogen-bond donors (Lipinski definition) is 3. The number of alkyl carbamates (subject to hydrolysis) is 1. The Kier molecular flexibility index (Phi) is 5.61. The van der Waals surface area contributed by atoms with Crippen molar-refractivity contribution in [1.82, 2.24) is 15.5 Å². The summed E-state index contributed by atoms with van der Waals surface area (Å²) in [6.07, 6.45) is 3.27. The number of aromatic amines is 2. The van der Waals surface area contributed by atoms with Crippen LogP contribution in [-0.2, 0) is 4.74 Å². The van der Waals surface area contributed by atoms with E-state index >= 15 is 0 Å². The van der Waals surface area contributed by atoms with Crippen LogP contribution in [0.3, 0.4) is 0 Å². The normalized spacial score (nSPS) is 12.5. The molecule has 0 bridgehead atoms. The molecule has 1 aromatic heterocycles. The predicted octanol–water partition coefficient (Wildman–Crippen LogP) is 3.01. The monoisotopic (exact) mass is 403 g/mol.